The highest BCUT2D eigenvalue weighted by Crippen LogP contribution is 2.52. The van der Waals surface area contributed by atoms with Gasteiger partial charge in [-0.1, -0.05) is 19.3 Å². The van der Waals surface area contributed by atoms with Crippen molar-refractivity contribution < 1.29 is 5.11 Å². The smallest absolute Gasteiger partial charge is 0.0715 e. The molecule has 0 saturated heterocycles. The summed E-state index contributed by atoms with van der Waals surface area (Å²) >= 11 is 0. The largest absolute Gasteiger partial charge is 0.389 e. The molecular formula is C11H21NO. The summed E-state index contributed by atoms with van der Waals surface area (Å²) in [5.74, 6) is 0. The summed E-state index contributed by atoms with van der Waals surface area (Å²) in [4.78, 5) is 0. The molecule has 13 heavy (non-hydrogen) atoms. The minimum Gasteiger partial charge on any atom is -0.389 e. The normalized spacial score (nSPS) is 30.9. The van der Waals surface area contributed by atoms with Crippen molar-refractivity contribution in [1.29, 1.82) is 0 Å². The highest BCUT2D eigenvalue weighted by molar-refractivity contribution is 5.05. The fourth-order valence-corrected chi connectivity index (χ4v) is 3.13. The van der Waals surface area contributed by atoms with E-state index >= 15 is 0 Å². The molecule has 2 heteroatoms. The van der Waals surface area contributed by atoms with Crippen LogP contribution >= 0.6 is 0 Å². The van der Waals surface area contributed by atoms with E-state index in [4.69, 9.17) is 5.73 Å². The zero-order valence-electron chi connectivity index (χ0n) is 8.39. The minimum atomic E-state index is -0.387. The number of rotatable bonds is 2. The van der Waals surface area contributed by atoms with Crippen molar-refractivity contribution in [2.24, 2.45) is 11.1 Å². The molecule has 0 unspecified atom stereocenters. The molecule has 2 rings (SSSR count). The van der Waals surface area contributed by atoms with Crippen LogP contribution < -0.4 is 5.73 Å². The molecule has 2 aliphatic rings. The van der Waals surface area contributed by atoms with E-state index in [1.54, 1.807) is 0 Å². The predicted molar refractivity (Wildman–Crippen MR) is 53.4 cm³/mol. The van der Waals surface area contributed by atoms with E-state index in [0.29, 0.717) is 6.54 Å². The van der Waals surface area contributed by atoms with Crippen molar-refractivity contribution in [2.75, 3.05) is 6.54 Å². The standard InChI is InChI=1S/C11H21NO/c12-9-10(5-2-1-3-6-10)11(13)7-4-8-11/h13H,1-9,12H2. The fourth-order valence-electron chi connectivity index (χ4n) is 3.13. The van der Waals surface area contributed by atoms with Gasteiger partial charge in [-0.15, -0.1) is 0 Å². The van der Waals surface area contributed by atoms with Crippen molar-refractivity contribution in [1.82, 2.24) is 0 Å². The van der Waals surface area contributed by atoms with Gasteiger partial charge < -0.3 is 10.8 Å². The Hall–Kier alpha value is -0.0800. The Bertz CT molecular complexity index is 181. The summed E-state index contributed by atoms with van der Waals surface area (Å²) < 4.78 is 0. The zero-order valence-corrected chi connectivity index (χ0v) is 8.39. The predicted octanol–water partition coefficient (Wildman–Crippen LogP) is 1.81. The Morgan fingerprint density at radius 2 is 1.54 bits per heavy atom. The first-order valence-corrected chi connectivity index (χ1v) is 5.65. The Morgan fingerprint density at radius 1 is 0.923 bits per heavy atom. The van der Waals surface area contributed by atoms with E-state index in [1.165, 1.54) is 25.7 Å². The summed E-state index contributed by atoms with van der Waals surface area (Å²) in [5, 5.41) is 10.4. The van der Waals surface area contributed by atoms with Crippen LogP contribution in [-0.4, -0.2) is 17.3 Å². The lowest BCUT2D eigenvalue weighted by Gasteiger charge is -2.54. The van der Waals surface area contributed by atoms with Gasteiger partial charge in [-0.2, -0.15) is 0 Å². The molecule has 0 amide bonds. The lowest BCUT2D eigenvalue weighted by molar-refractivity contribution is -0.150. The second-order valence-electron chi connectivity index (χ2n) is 4.93. The Morgan fingerprint density at radius 3 is 1.92 bits per heavy atom. The maximum absolute atomic E-state index is 10.4. The van der Waals surface area contributed by atoms with Crippen LogP contribution in [0.3, 0.4) is 0 Å². The summed E-state index contributed by atoms with van der Waals surface area (Å²) in [7, 11) is 0. The Labute approximate surface area is 80.5 Å². The summed E-state index contributed by atoms with van der Waals surface area (Å²) in [6, 6.07) is 0. The number of hydrogen-bond acceptors (Lipinski definition) is 2. The fraction of sp³-hybridized carbons (Fsp3) is 1.00. The van der Waals surface area contributed by atoms with Gasteiger partial charge in [-0.05, 0) is 32.1 Å². The second kappa shape index (κ2) is 3.25. The maximum Gasteiger partial charge on any atom is 0.0715 e. The van der Waals surface area contributed by atoms with Crippen LogP contribution in [0.25, 0.3) is 0 Å². The molecule has 0 aliphatic heterocycles. The Kier molecular flexibility index (Phi) is 2.37. The van der Waals surface area contributed by atoms with Crippen LogP contribution in [-0.2, 0) is 0 Å². The van der Waals surface area contributed by atoms with Gasteiger partial charge in [0.15, 0.2) is 0 Å². The first-order chi connectivity index (χ1) is 6.22. The average Bonchev–Trinajstić information content (AvgIpc) is 2.15. The van der Waals surface area contributed by atoms with E-state index in [1.807, 2.05) is 0 Å². The molecule has 2 fully saturated rings. The summed E-state index contributed by atoms with van der Waals surface area (Å²) in [5.41, 5.74) is 5.57. The van der Waals surface area contributed by atoms with Crippen molar-refractivity contribution in [3.05, 3.63) is 0 Å². The Balaban J connectivity index is 2.12. The van der Waals surface area contributed by atoms with Crippen LogP contribution in [0.5, 0.6) is 0 Å². The van der Waals surface area contributed by atoms with Gasteiger partial charge in [0.2, 0.25) is 0 Å². The van der Waals surface area contributed by atoms with Crippen molar-refractivity contribution in [2.45, 2.75) is 57.0 Å². The topological polar surface area (TPSA) is 46.2 Å². The third-order valence-electron chi connectivity index (χ3n) is 4.37. The molecule has 0 radical (unpaired) electrons. The van der Waals surface area contributed by atoms with E-state index in [2.05, 4.69) is 0 Å². The highest BCUT2D eigenvalue weighted by Gasteiger charge is 2.52. The van der Waals surface area contributed by atoms with Crippen molar-refractivity contribution in [3.8, 4) is 0 Å². The van der Waals surface area contributed by atoms with Gasteiger partial charge in [0, 0.05) is 12.0 Å². The first-order valence-electron chi connectivity index (χ1n) is 5.65. The lowest BCUT2D eigenvalue weighted by atomic mass is 9.56. The third kappa shape index (κ3) is 1.31. The molecule has 0 aromatic heterocycles. The summed E-state index contributed by atoms with van der Waals surface area (Å²) in [6.45, 7) is 0.684. The van der Waals surface area contributed by atoms with Crippen LogP contribution in [0.15, 0.2) is 0 Å². The highest BCUT2D eigenvalue weighted by atomic mass is 16.3. The molecule has 76 valence electrons. The number of hydrogen-bond donors (Lipinski definition) is 2. The molecule has 0 aromatic rings. The van der Waals surface area contributed by atoms with E-state index in [0.717, 1.165) is 25.7 Å². The molecule has 0 heterocycles. The van der Waals surface area contributed by atoms with Gasteiger partial charge in [-0.3, -0.25) is 0 Å². The van der Waals surface area contributed by atoms with E-state index in [-0.39, 0.29) is 11.0 Å². The minimum absolute atomic E-state index is 0.0868. The lowest BCUT2D eigenvalue weighted by Crippen LogP contribution is -2.57. The first kappa shape index (κ1) is 9.47. The molecule has 2 saturated carbocycles. The molecule has 0 aromatic carbocycles. The van der Waals surface area contributed by atoms with Crippen LogP contribution in [0, 0.1) is 5.41 Å². The van der Waals surface area contributed by atoms with Gasteiger partial charge in [0.05, 0.1) is 5.60 Å². The summed E-state index contributed by atoms with van der Waals surface area (Å²) in [6.07, 6.45) is 9.34. The van der Waals surface area contributed by atoms with Gasteiger partial charge >= 0.3 is 0 Å². The van der Waals surface area contributed by atoms with Gasteiger partial charge in [0.25, 0.3) is 0 Å². The number of aliphatic hydroxyl groups is 1. The number of nitrogens with two attached hydrogens (primary N) is 1. The molecule has 2 aliphatic carbocycles. The van der Waals surface area contributed by atoms with E-state index in [9.17, 15) is 5.11 Å². The van der Waals surface area contributed by atoms with Crippen LogP contribution in [0.2, 0.25) is 0 Å². The molecule has 3 N–H and O–H groups in total. The third-order valence-corrected chi connectivity index (χ3v) is 4.37. The van der Waals surface area contributed by atoms with Gasteiger partial charge in [0.1, 0.15) is 0 Å². The second-order valence-corrected chi connectivity index (χ2v) is 4.93. The van der Waals surface area contributed by atoms with E-state index < -0.39 is 0 Å². The van der Waals surface area contributed by atoms with Crippen molar-refractivity contribution in [3.63, 3.8) is 0 Å². The zero-order chi connectivity index (χ0) is 9.36. The van der Waals surface area contributed by atoms with Crippen LogP contribution in [0.1, 0.15) is 51.4 Å². The maximum atomic E-state index is 10.4. The quantitative estimate of drug-likeness (QED) is 0.686. The molecular weight excluding hydrogens is 162 g/mol. The van der Waals surface area contributed by atoms with Gasteiger partial charge in [-0.25, -0.2) is 0 Å². The average molecular weight is 183 g/mol. The molecule has 0 spiro atoms. The SMILES string of the molecule is NCC1(C2(O)CCC2)CCCCC1. The molecule has 0 atom stereocenters. The van der Waals surface area contributed by atoms with Crippen LogP contribution in [0.4, 0.5) is 0 Å². The monoisotopic (exact) mass is 183 g/mol. The molecule has 0 bridgehead atoms. The van der Waals surface area contributed by atoms with Crippen molar-refractivity contribution >= 4 is 0 Å². The molecule has 2 nitrogen and oxygen atoms in total.